The summed E-state index contributed by atoms with van der Waals surface area (Å²) in [5.41, 5.74) is 0.758. The van der Waals surface area contributed by atoms with Gasteiger partial charge in [0.2, 0.25) is 11.8 Å². The van der Waals surface area contributed by atoms with Crippen LogP contribution in [0.1, 0.15) is 35.3 Å². The molecule has 0 aliphatic carbocycles. The van der Waals surface area contributed by atoms with Gasteiger partial charge >= 0.3 is 5.97 Å². The summed E-state index contributed by atoms with van der Waals surface area (Å²) in [4.78, 5) is 34.2. The van der Waals surface area contributed by atoms with Gasteiger partial charge in [0.15, 0.2) is 10.5 Å². The van der Waals surface area contributed by atoms with Crippen LogP contribution in [0.5, 0.6) is 0 Å². The summed E-state index contributed by atoms with van der Waals surface area (Å²) >= 11 is 1.18. The first-order valence-electron chi connectivity index (χ1n) is 7.61. The third kappa shape index (κ3) is 3.62. The standard InChI is InChI=1S/C17H15N3O5S/c1-9(21)18-17-19-20(10(2)22)15(26-17)14-7-6-13(25-14)11-4-3-5-12(8-11)16(23)24/h3-8,15H,1-2H3,(H,23,24)(H,18,19,21)/t15-/m0/s1. The second-order valence-corrected chi connectivity index (χ2v) is 6.58. The van der Waals surface area contributed by atoms with E-state index in [-0.39, 0.29) is 17.4 Å². The van der Waals surface area contributed by atoms with Gasteiger partial charge in [-0.3, -0.25) is 9.59 Å². The first kappa shape index (κ1) is 17.7. The number of furan rings is 1. The number of amidine groups is 1. The maximum atomic E-state index is 11.8. The van der Waals surface area contributed by atoms with Gasteiger partial charge in [-0.2, -0.15) is 0 Å². The number of benzene rings is 1. The molecule has 134 valence electrons. The fourth-order valence-corrected chi connectivity index (χ4v) is 3.48. The van der Waals surface area contributed by atoms with Crippen LogP contribution in [-0.2, 0) is 9.59 Å². The van der Waals surface area contributed by atoms with Gasteiger partial charge in [-0.1, -0.05) is 23.9 Å². The van der Waals surface area contributed by atoms with Gasteiger partial charge in [0.1, 0.15) is 11.5 Å². The predicted molar refractivity (Wildman–Crippen MR) is 95.2 cm³/mol. The van der Waals surface area contributed by atoms with Crippen LogP contribution in [0.4, 0.5) is 0 Å². The molecule has 0 fully saturated rings. The highest BCUT2D eigenvalue weighted by Gasteiger charge is 2.34. The Labute approximate surface area is 152 Å². The Hall–Kier alpha value is -3.07. The zero-order valence-corrected chi connectivity index (χ0v) is 14.7. The van der Waals surface area contributed by atoms with Gasteiger partial charge in [0, 0.05) is 19.4 Å². The lowest BCUT2D eigenvalue weighted by Crippen LogP contribution is -2.25. The Morgan fingerprint density at radius 2 is 2.00 bits per heavy atom. The zero-order valence-electron chi connectivity index (χ0n) is 13.9. The lowest BCUT2D eigenvalue weighted by molar-refractivity contribution is -0.129. The minimum absolute atomic E-state index is 0.150. The third-order valence-electron chi connectivity index (χ3n) is 3.51. The molecule has 0 radical (unpaired) electrons. The van der Waals surface area contributed by atoms with Crippen LogP contribution in [0.2, 0.25) is 0 Å². The van der Waals surface area contributed by atoms with E-state index in [1.807, 2.05) is 0 Å². The van der Waals surface area contributed by atoms with E-state index in [0.717, 1.165) is 0 Å². The zero-order chi connectivity index (χ0) is 18.8. The lowest BCUT2D eigenvalue weighted by Gasteiger charge is -2.16. The van der Waals surface area contributed by atoms with Crippen molar-refractivity contribution in [3.8, 4) is 11.3 Å². The topological polar surface area (TPSA) is 112 Å². The molecule has 26 heavy (non-hydrogen) atoms. The van der Waals surface area contributed by atoms with Crippen molar-refractivity contribution in [3.05, 3.63) is 47.7 Å². The number of carbonyl (C=O) groups is 3. The summed E-state index contributed by atoms with van der Waals surface area (Å²) < 4.78 is 5.83. The summed E-state index contributed by atoms with van der Waals surface area (Å²) in [5, 5.41) is 16.7. The molecule has 8 nitrogen and oxygen atoms in total. The predicted octanol–water partition coefficient (Wildman–Crippen LogP) is 2.65. The highest BCUT2D eigenvalue weighted by molar-refractivity contribution is 8.14. The number of rotatable bonds is 3. The van der Waals surface area contributed by atoms with E-state index in [1.165, 1.54) is 42.8 Å². The molecule has 2 N–H and O–H groups in total. The SMILES string of the molecule is CC(=O)NC1=NN(C(C)=O)[C@H](c2ccc(-c3cccc(C(=O)O)c3)o2)S1. The molecular formula is C17H15N3O5S. The average molecular weight is 373 g/mol. The van der Waals surface area contributed by atoms with Crippen LogP contribution in [0.15, 0.2) is 45.9 Å². The number of carboxylic acids is 1. The Balaban J connectivity index is 1.87. The molecule has 2 amide bonds. The number of hydrogen-bond acceptors (Lipinski definition) is 6. The molecule has 1 aliphatic heterocycles. The van der Waals surface area contributed by atoms with Crippen molar-refractivity contribution in [1.82, 2.24) is 10.3 Å². The fraction of sp³-hybridized carbons (Fsp3) is 0.176. The molecule has 0 bridgehead atoms. The van der Waals surface area contributed by atoms with E-state index in [0.29, 0.717) is 22.3 Å². The first-order chi connectivity index (χ1) is 12.3. The Kier molecular flexibility index (Phi) is 4.81. The molecule has 1 atom stereocenters. The van der Waals surface area contributed by atoms with E-state index in [9.17, 15) is 14.4 Å². The maximum absolute atomic E-state index is 11.8. The molecule has 0 saturated carbocycles. The van der Waals surface area contributed by atoms with Crippen molar-refractivity contribution in [1.29, 1.82) is 0 Å². The van der Waals surface area contributed by atoms with Crippen LogP contribution in [0, 0.1) is 0 Å². The van der Waals surface area contributed by atoms with Gasteiger partial charge in [-0.15, -0.1) is 5.10 Å². The van der Waals surface area contributed by atoms with E-state index in [1.54, 1.807) is 24.3 Å². The molecule has 2 heterocycles. The van der Waals surface area contributed by atoms with E-state index >= 15 is 0 Å². The summed E-state index contributed by atoms with van der Waals surface area (Å²) in [5.74, 6) is -0.675. The van der Waals surface area contributed by atoms with Crippen LogP contribution in [-0.4, -0.2) is 33.1 Å². The smallest absolute Gasteiger partial charge is 0.335 e. The number of aromatic carboxylic acids is 1. The number of nitrogens with one attached hydrogen (secondary N) is 1. The van der Waals surface area contributed by atoms with Gasteiger partial charge in [-0.05, 0) is 24.3 Å². The molecule has 3 rings (SSSR count). The molecule has 0 spiro atoms. The number of carbonyl (C=O) groups excluding carboxylic acids is 2. The first-order valence-corrected chi connectivity index (χ1v) is 8.49. The normalized spacial score (nSPS) is 16.3. The molecule has 1 aliphatic rings. The summed E-state index contributed by atoms with van der Waals surface area (Å²) in [6.45, 7) is 2.73. The van der Waals surface area contributed by atoms with Gasteiger partial charge in [0.05, 0.1) is 5.56 Å². The van der Waals surface area contributed by atoms with Crippen LogP contribution in [0.25, 0.3) is 11.3 Å². The summed E-state index contributed by atoms with van der Waals surface area (Å²) in [6, 6.07) is 9.76. The van der Waals surface area contributed by atoms with Crippen molar-refractivity contribution in [2.24, 2.45) is 5.10 Å². The quantitative estimate of drug-likeness (QED) is 0.855. The van der Waals surface area contributed by atoms with Crippen LogP contribution < -0.4 is 5.32 Å². The average Bonchev–Trinajstić information content (AvgIpc) is 3.21. The van der Waals surface area contributed by atoms with E-state index in [4.69, 9.17) is 9.52 Å². The molecule has 9 heteroatoms. The Bertz CT molecular complexity index is 921. The second-order valence-electron chi connectivity index (χ2n) is 5.51. The number of hydrazone groups is 1. The van der Waals surface area contributed by atoms with Gasteiger partial charge in [-0.25, -0.2) is 9.80 Å². The molecule has 0 unspecified atom stereocenters. The molecular weight excluding hydrogens is 358 g/mol. The maximum Gasteiger partial charge on any atom is 0.335 e. The molecule has 1 aromatic heterocycles. The Morgan fingerprint density at radius 1 is 1.23 bits per heavy atom. The number of carboxylic acid groups (broad SMARTS) is 1. The Morgan fingerprint density at radius 3 is 2.65 bits per heavy atom. The highest BCUT2D eigenvalue weighted by Crippen LogP contribution is 2.40. The van der Waals surface area contributed by atoms with Crippen molar-refractivity contribution in [2.75, 3.05) is 0 Å². The summed E-state index contributed by atoms with van der Waals surface area (Å²) in [7, 11) is 0. The molecule has 0 saturated heterocycles. The van der Waals surface area contributed by atoms with Crippen LogP contribution >= 0.6 is 11.8 Å². The van der Waals surface area contributed by atoms with Crippen molar-refractivity contribution in [2.45, 2.75) is 19.2 Å². The number of hydrogen-bond donors (Lipinski definition) is 2. The minimum atomic E-state index is -1.03. The van der Waals surface area contributed by atoms with Crippen molar-refractivity contribution >= 4 is 34.7 Å². The van der Waals surface area contributed by atoms with E-state index in [2.05, 4.69) is 10.4 Å². The molecule has 1 aromatic carbocycles. The van der Waals surface area contributed by atoms with Crippen LogP contribution in [0.3, 0.4) is 0 Å². The highest BCUT2D eigenvalue weighted by atomic mass is 32.2. The number of thioether (sulfide) groups is 1. The fourth-order valence-electron chi connectivity index (χ4n) is 2.39. The largest absolute Gasteiger partial charge is 0.478 e. The lowest BCUT2D eigenvalue weighted by atomic mass is 10.1. The van der Waals surface area contributed by atoms with E-state index < -0.39 is 11.3 Å². The van der Waals surface area contributed by atoms with Gasteiger partial charge < -0.3 is 14.8 Å². The minimum Gasteiger partial charge on any atom is -0.478 e. The monoisotopic (exact) mass is 373 g/mol. The van der Waals surface area contributed by atoms with Gasteiger partial charge in [0.25, 0.3) is 0 Å². The summed E-state index contributed by atoms with van der Waals surface area (Å²) in [6.07, 6.45) is 0. The molecule has 2 aromatic rings. The third-order valence-corrected chi connectivity index (χ3v) is 4.58. The second kappa shape index (κ2) is 7.04. The van der Waals surface area contributed by atoms with Crippen molar-refractivity contribution in [3.63, 3.8) is 0 Å². The number of amides is 2. The van der Waals surface area contributed by atoms with Crippen molar-refractivity contribution < 1.29 is 23.9 Å². The number of nitrogens with zero attached hydrogens (tertiary/aromatic N) is 2.